The van der Waals surface area contributed by atoms with Gasteiger partial charge in [0, 0.05) is 16.5 Å². The van der Waals surface area contributed by atoms with Crippen LogP contribution in [0.15, 0.2) is 51.7 Å². The van der Waals surface area contributed by atoms with E-state index in [0.717, 1.165) is 15.6 Å². The second-order valence-electron chi connectivity index (χ2n) is 3.37. The van der Waals surface area contributed by atoms with E-state index in [1.165, 1.54) is 0 Å². The molecule has 78 valence electrons. The van der Waals surface area contributed by atoms with Gasteiger partial charge in [0.15, 0.2) is 0 Å². The summed E-state index contributed by atoms with van der Waals surface area (Å²) in [5.41, 5.74) is 1.90. The van der Waals surface area contributed by atoms with E-state index in [2.05, 4.69) is 15.9 Å². The van der Waals surface area contributed by atoms with Crippen LogP contribution >= 0.6 is 15.9 Å². The van der Waals surface area contributed by atoms with Crippen molar-refractivity contribution in [2.24, 2.45) is 0 Å². The van der Waals surface area contributed by atoms with Crippen LogP contribution in [0.25, 0.3) is 0 Å². The number of rotatable bonds is 3. The summed E-state index contributed by atoms with van der Waals surface area (Å²) in [4.78, 5) is 0. The van der Waals surface area contributed by atoms with Crippen LogP contribution in [0.3, 0.4) is 0 Å². The van der Waals surface area contributed by atoms with Crippen LogP contribution in [0.2, 0.25) is 0 Å². The second kappa shape index (κ2) is 4.64. The molecule has 2 rings (SSSR count). The van der Waals surface area contributed by atoms with Gasteiger partial charge in [-0.05, 0) is 17.7 Å². The lowest BCUT2D eigenvalue weighted by Crippen LogP contribution is -2.00. The van der Waals surface area contributed by atoms with Crippen LogP contribution in [0, 0.1) is 0 Å². The zero-order chi connectivity index (χ0) is 10.7. The lowest BCUT2D eigenvalue weighted by atomic mass is 10.0. The molecule has 0 fully saturated rings. The molecule has 2 nitrogen and oxygen atoms in total. The third-order valence-electron chi connectivity index (χ3n) is 2.30. The SMILES string of the molecule is OC(Cc1ccccc1Br)c1ccoc1. The highest BCUT2D eigenvalue weighted by Gasteiger charge is 2.11. The van der Waals surface area contributed by atoms with E-state index >= 15 is 0 Å². The van der Waals surface area contributed by atoms with Crippen molar-refractivity contribution >= 4 is 15.9 Å². The van der Waals surface area contributed by atoms with Crippen molar-refractivity contribution in [3.63, 3.8) is 0 Å². The normalized spacial score (nSPS) is 12.7. The molecule has 0 bridgehead atoms. The topological polar surface area (TPSA) is 33.4 Å². The van der Waals surface area contributed by atoms with E-state index in [1.807, 2.05) is 24.3 Å². The third kappa shape index (κ3) is 2.49. The van der Waals surface area contributed by atoms with Gasteiger partial charge in [-0.15, -0.1) is 0 Å². The molecule has 0 aliphatic carbocycles. The maximum Gasteiger partial charge on any atom is 0.0960 e. The molecule has 15 heavy (non-hydrogen) atoms. The molecule has 1 unspecified atom stereocenters. The van der Waals surface area contributed by atoms with Crippen molar-refractivity contribution in [2.45, 2.75) is 12.5 Å². The Labute approximate surface area is 96.7 Å². The van der Waals surface area contributed by atoms with E-state index in [-0.39, 0.29) is 0 Å². The molecule has 0 radical (unpaired) electrons. The van der Waals surface area contributed by atoms with Gasteiger partial charge in [-0.2, -0.15) is 0 Å². The van der Waals surface area contributed by atoms with E-state index in [0.29, 0.717) is 6.42 Å². The lowest BCUT2D eigenvalue weighted by molar-refractivity contribution is 0.177. The summed E-state index contributed by atoms with van der Waals surface area (Å²) < 4.78 is 5.95. The van der Waals surface area contributed by atoms with Crippen molar-refractivity contribution in [3.8, 4) is 0 Å². The van der Waals surface area contributed by atoms with Crippen molar-refractivity contribution in [2.75, 3.05) is 0 Å². The highest BCUT2D eigenvalue weighted by Crippen LogP contribution is 2.23. The number of aliphatic hydroxyl groups excluding tert-OH is 1. The summed E-state index contributed by atoms with van der Waals surface area (Å²) in [5, 5.41) is 9.91. The standard InChI is InChI=1S/C12H11BrO2/c13-11-4-2-1-3-9(11)7-12(14)10-5-6-15-8-10/h1-6,8,12,14H,7H2. The predicted octanol–water partition coefficient (Wildman–Crippen LogP) is 3.32. The van der Waals surface area contributed by atoms with Gasteiger partial charge in [0.25, 0.3) is 0 Å². The predicted molar refractivity (Wildman–Crippen MR) is 61.5 cm³/mol. The fraction of sp³-hybridized carbons (Fsp3) is 0.167. The summed E-state index contributed by atoms with van der Waals surface area (Å²) in [5.74, 6) is 0. The van der Waals surface area contributed by atoms with Crippen LogP contribution in [0.1, 0.15) is 17.2 Å². The summed E-state index contributed by atoms with van der Waals surface area (Å²) in [7, 11) is 0. The Kier molecular flexibility index (Phi) is 3.23. The highest BCUT2D eigenvalue weighted by atomic mass is 79.9. The largest absolute Gasteiger partial charge is 0.472 e. The van der Waals surface area contributed by atoms with Crippen LogP contribution in [-0.4, -0.2) is 5.11 Å². The number of aliphatic hydroxyl groups is 1. The van der Waals surface area contributed by atoms with E-state index < -0.39 is 6.10 Å². The Hall–Kier alpha value is -1.06. The Morgan fingerprint density at radius 2 is 2.07 bits per heavy atom. The minimum absolute atomic E-state index is 0.512. The summed E-state index contributed by atoms with van der Waals surface area (Å²) in [6, 6.07) is 9.66. The molecule has 0 aliphatic rings. The zero-order valence-corrected chi connectivity index (χ0v) is 9.65. The molecule has 0 saturated heterocycles. The van der Waals surface area contributed by atoms with E-state index in [4.69, 9.17) is 4.42 Å². The van der Waals surface area contributed by atoms with E-state index in [1.54, 1.807) is 18.6 Å². The van der Waals surface area contributed by atoms with Crippen LogP contribution < -0.4 is 0 Å². The summed E-state index contributed by atoms with van der Waals surface area (Å²) in [6.45, 7) is 0. The van der Waals surface area contributed by atoms with Gasteiger partial charge >= 0.3 is 0 Å². The zero-order valence-electron chi connectivity index (χ0n) is 8.06. The molecule has 0 spiro atoms. The number of furan rings is 1. The molecule has 3 heteroatoms. The molecule has 2 aromatic rings. The van der Waals surface area contributed by atoms with Gasteiger partial charge < -0.3 is 9.52 Å². The lowest BCUT2D eigenvalue weighted by Gasteiger charge is -2.09. The van der Waals surface area contributed by atoms with Crippen molar-refractivity contribution in [1.29, 1.82) is 0 Å². The number of hydrogen-bond acceptors (Lipinski definition) is 2. The Morgan fingerprint density at radius 1 is 1.27 bits per heavy atom. The average molecular weight is 267 g/mol. The maximum absolute atomic E-state index is 9.91. The molecule has 0 aliphatic heterocycles. The van der Waals surface area contributed by atoms with Crippen LogP contribution in [0.5, 0.6) is 0 Å². The maximum atomic E-state index is 9.91. The Morgan fingerprint density at radius 3 is 2.73 bits per heavy atom. The molecular formula is C12H11BrO2. The molecule has 0 amide bonds. The number of hydrogen-bond donors (Lipinski definition) is 1. The van der Waals surface area contributed by atoms with E-state index in [9.17, 15) is 5.11 Å². The fourth-order valence-corrected chi connectivity index (χ4v) is 1.90. The van der Waals surface area contributed by atoms with Crippen molar-refractivity contribution in [1.82, 2.24) is 0 Å². The minimum Gasteiger partial charge on any atom is -0.472 e. The number of benzene rings is 1. The second-order valence-corrected chi connectivity index (χ2v) is 4.22. The smallest absolute Gasteiger partial charge is 0.0960 e. The number of halogens is 1. The first-order chi connectivity index (χ1) is 7.27. The first-order valence-electron chi connectivity index (χ1n) is 4.71. The van der Waals surface area contributed by atoms with Gasteiger partial charge in [0.2, 0.25) is 0 Å². The van der Waals surface area contributed by atoms with Gasteiger partial charge in [0.1, 0.15) is 0 Å². The van der Waals surface area contributed by atoms with Gasteiger partial charge in [-0.1, -0.05) is 34.1 Å². The first kappa shape index (κ1) is 10.5. The van der Waals surface area contributed by atoms with Crippen LogP contribution in [0.4, 0.5) is 0 Å². The Balaban J connectivity index is 2.13. The summed E-state index contributed by atoms with van der Waals surface area (Å²) in [6.07, 6.45) is 3.21. The highest BCUT2D eigenvalue weighted by molar-refractivity contribution is 9.10. The fourth-order valence-electron chi connectivity index (χ4n) is 1.45. The minimum atomic E-state index is -0.512. The Bertz CT molecular complexity index is 423. The monoisotopic (exact) mass is 266 g/mol. The van der Waals surface area contributed by atoms with Crippen molar-refractivity contribution < 1.29 is 9.52 Å². The quantitative estimate of drug-likeness (QED) is 0.925. The van der Waals surface area contributed by atoms with Gasteiger partial charge in [0.05, 0.1) is 18.6 Å². The van der Waals surface area contributed by atoms with Crippen molar-refractivity contribution in [3.05, 3.63) is 58.5 Å². The molecule has 1 heterocycles. The van der Waals surface area contributed by atoms with Crippen LogP contribution in [-0.2, 0) is 6.42 Å². The molecule has 0 saturated carbocycles. The van der Waals surface area contributed by atoms with Gasteiger partial charge in [-0.3, -0.25) is 0 Å². The summed E-state index contributed by atoms with van der Waals surface area (Å²) >= 11 is 3.45. The molecule has 1 N–H and O–H groups in total. The van der Waals surface area contributed by atoms with Gasteiger partial charge in [-0.25, -0.2) is 0 Å². The molecule has 1 aromatic heterocycles. The molecule has 1 atom stereocenters. The molecule has 1 aromatic carbocycles. The average Bonchev–Trinajstić information content (AvgIpc) is 2.74. The first-order valence-corrected chi connectivity index (χ1v) is 5.50. The third-order valence-corrected chi connectivity index (χ3v) is 3.07. The molecular weight excluding hydrogens is 256 g/mol.